The summed E-state index contributed by atoms with van der Waals surface area (Å²) in [4.78, 5) is 18.0. The van der Waals surface area contributed by atoms with Crippen molar-refractivity contribution < 1.29 is 14.3 Å². The minimum absolute atomic E-state index is 0. The van der Waals surface area contributed by atoms with Gasteiger partial charge in [-0.05, 0) is 6.07 Å². The van der Waals surface area contributed by atoms with Gasteiger partial charge in [-0.1, -0.05) is 18.2 Å². The summed E-state index contributed by atoms with van der Waals surface area (Å²) in [5.41, 5.74) is 7.01. The second kappa shape index (κ2) is 9.07. The number of aliphatic imine (C=N–C) groups is 1. The van der Waals surface area contributed by atoms with Gasteiger partial charge in [0.1, 0.15) is 12.3 Å². The van der Waals surface area contributed by atoms with E-state index < -0.39 is 0 Å². The van der Waals surface area contributed by atoms with E-state index in [1.54, 1.807) is 4.90 Å². The van der Waals surface area contributed by atoms with Crippen LogP contribution in [0.3, 0.4) is 0 Å². The number of halogens is 1. The van der Waals surface area contributed by atoms with Gasteiger partial charge in [0.2, 0.25) is 5.91 Å². The summed E-state index contributed by atoms with van der Waals surface area (Å²) in [6.45, 7) is 3.10. The Labute approximate surface area is 158 Å². The highest BCUT2D eigenvalue weighted by Crippen LogP contribution is 2.31. The molecule has 1 atom stereocenters. The third-order valence-electron chi connectivity index (χ3n) is 4.03. The van der Waals surface area contributed by atoms with Crippen LogP contribution in [0.5, 0.6) is 5.75 Å². The van der Waals surface area contributed by atoms with Crippen molar-refractivity contribution in [3.8, 4) is 5.75 Å². The van der Waals surface area contributed by atoms with Gasteiger partial charge < -0.3 is 25.4 Å². The number of morpholine rings is 1. The number of ether oxygens (including phenoxy) is 2. The smallest absolute Gasteiger partial charge is 0.244 e. The van der Waals surface area contributed by atoms with Crippen molar-refractivity contribution in [2.24, 2.45) is 10.7 Å². The molecule has 7 nitrogen and oxygen atoms in total. The van der Waals surface area contributed by atoms with Crippen LogP contribution >= 0.6 is 24.0 Å². The molecule has 1 amide bonds. The first kappa shape index (κ1) is 18.8. The van der Waals surface area contributed by atoms with Crippen molar-refractivity contribution in [3.63, 3.8) is 0 Å². The fraction of sp³-hybridized carbons (Fsp3) is 0.500. The summed E-state index contributed by atoms with van der Waals surface area (Å²) in [6, 6.07) is 7.93. The summed E-state index contributed by atoms with van der Waals surface area (Å²) in [7, 11) is 0. The number of guanidine groups is 1. The largest absolute Gasteiger partial charge is 0.493 e. The highest BCUT2D eigenvalue weighted by molar-refractivity contribution is 14.0. The Morgan fingerprint density at radius 1 is 1.29 bits per heavy atom. The molecular weight excluding hydrogens is 423 g/mol. The molecule has 0 radical (unpaired) electrons. The number of carbonyl (C=O) groups is 1. The summed E-state index contributed by atoms with van der Waals surface area (Å²) in [5, 5.41) is 3.19. The zero-order valence-electron chi connectivity index (χ0n) is 13.4. The van der Waals surface area contributed by atoms with Crippen LogP contribution < -0.4 is 15.8 Å². The fourth-order valence-electron chi connectivity index (χ4n) is 2.78. The van der Waals surface area contributed by atoms with E-state index in [1.807, 2.05) is 24.3 Å². The van der Waals surface area contributed by atoms with Crippen molar-refractivity contribution >= 4 is 35.8 Å². The van der Waals surface area contributed by atoms with Gasteiger partial charge in [0, 0.05) is 25.1 Å². The van der Waals surface area contributed by atoms with Gasteiger partial charge >= 0.3 is 0 Å². The maximum absolute atomic E-state index is 12.1. The molecule has 24 heavy (non-hydrogen) atoms. The van der Waals surface area contributed by atoms with Crippen LogP contribution in [0.1, 0.15) is 18.0 Å². The SMILES string of the molecule is I.NC(=NCC(=O)N1CCOCC1)NC1CCOc2ccccc21. The van der Waals surface area contributed by atoms with Gasteiger partial charge in [0.05, 0.1) is 25.9 Å². The van der Waals surface area contributed by atoms with E-state index in [0.29, 0.717) is 32.9 Å². The van der Waals surface area contributed by atoms with Crippen molar-refractivity contribution in [2.75, 3.05) is 39.5 Å². The third kappa shape index (κ3) is 4.73. The average Bonchev–Trinajstić information content (AvgIpc) is 2.61. The molecule has 0 spiro atoms. The second-order valence-electron chi connectivity index (χ2n) is 5.57. The van der Waals surface area contributed by atoms with Gasteiger partial charge in [0.25, 0.3) is 0 Å². The zero-order valence-corrected chi connectivity index (χ0v) is 15.8. The molecule has 1 aromatic rings. The highest BCUT2D eigenvalue weighted by atomic mass is 127. The Hall–Kier alpha value is -1.55. The van der Waals surface area contributed by atoms with Crippen LogP contribution in [0.15, 0.2) is 29.3 Å². The number of nitrogens with two attached hydrogens (primary N) is 1. The number of rotatable bonds is 3. The molecule has 1 saturated heterocycles. The van der Waals surface area contributed by atoms with Crippen molar-refractivity contribution in [1.29, 1.82) is 0 Å². The molecule has 1 fully saturated rings. The fourth-order valence-corrected chi connectivity index (χ4v) is 2.78. The van der Waals surface area contributed by atoms with E-state index in [2.05, 4.69) is 10.3 Å². The Bertz CT molecular complexity index is 590. The normalized spacial score (nSPS) is 20.4. The van der Waals surface area contributed by atoms with E-state index in [-0.39, 0.29) is 48.4 Å². The number of carbonyl (C=O) groups excluding carboxylic acids is 1. The standard InChI is InChI=1S/C16H22N4O3.HI/c17-16(18-11-15(21)20-6-9-22-10-7-20)19-13-5-8-23-14-4-2-1-3-12(13)14;/h1-4,13H,5-11H2,(H3,17,18,19);1H. The number of hydrogen-bond acceptors (Lipinski definition) is 4. The highest BCUT2D eigenvalue weighted by Gasteiger charge is 2.21. The van der Waals surface area contributed by atoms with Crippen LogP contribution in [0.25, 0.3) is 0 Å². The van der Waals surface area contributed by atoms with Crippen molar-refractivity contribution in [3.05, 3.63) is 29.8 Å². The van der Waals surface area contributed by atoms with Gasteiger partial charge in [-0.3, -0.25) is 4.79 Å². The Morgan fingerprint density at radius 3 is 2.83 bits per heavy atom. The van der Waals surface area contributed by atoms with E-state index in [0.717, 1.165) is 17.7 Å². The summed E-state index contributed by atoms with van der Waals surface area (Å²) < 4.78 is 10.9. The van der Waals surface area contributed by atoms with Gasteiger partial charge in [-0.2, -0.15) is 0 Å². The van der Waals surface area contributed by atoms with Crippen LogP contribution in [0.4, 0.5) is 0 Å². The van der Waals surface area contributed by atoms with Crippen LogP contribution in [0.2, 0.25) is 0 Å². The lowest BCUT2D eigenvalue weighted by molar-refractivity contribution is -0.133. The Balaban J connectivity index is 0.00000208. The summed E-state index contributed by atoms with van der Waals surface area (Å²) in [5.74, 6) is 1.13. The van der Waals surface area contributed by atoms with E-state index >= 15 is 0 Å². The van der Waals surface area contributed by atoms with E-state index in [9.17, 15) is 4.79 Å². The zero-order chi connectivity index (χ0) is 16.1. The predicted molar refractivity (Wildman–Crippen MR) is 102 cm³/mol. The van der Waals surface area contributed by atoms with Gasteiger partial charge in [-0.25, -0.2) is 4.99 Å². The minimum Gasteiger partial charge on any atom is -0.493 e. The predicted octanol–water partition coefficient (Wildman–Crippen LogP) is 0.891. The van der Waals surface area contributed by atoms with Crippen LogP contribution in [-0.2, 0) is 9.53 Å². The molecule has 2 heterocycles. The molecule has 132 valence electrons. The number of fused-ring (bicyclic) bond motifs is 1. The van der Waals surface area contributed by atoms with Gasteiger partial charge in [0.15, 0.2) is 5.96 Å². The molecule has 0 saturated carbocycles. The maximum atomic E-state index is 12.1. The molecule has 1 unspecified atom stereocenters. The number of para-hydroxylation sites is 1. The monoisotopic (exact) mass is 446 g/mol. The minimum atomic E-state index is -0.0228. The second-order valence-corrected chi connectivity index (χ2v) is 5.57. The van der Waals surface area contributed by atoms with Crippen molar-refractivity contribution in [1.82, 2.24) is 10.2 Å². The Morgan fingerprint density at radius 2 is 2.04 bits per heavy atom. The number of nitrogens with one attached hydrogen (secondary N) is 1. The molecule has 0 bridgehead atoms. The Kier molecular flexibility index (Phi) is 7.10. The maximum Gasteiger partial charge on any atom is 0.244 e. The number of amides is 1. The molecule has 0 aromatic heterocycles. The molecule has 0 aliphatic carbocycles. The van der Waals surface area contributed by atoms with Crippen molar-refractivity contribution in [2.45, 2.75) is 12.5 Å². The number of nitrogens with zero attached hydrogens (tertiary/aromatic N) is 2. The van der Waals surface area contributed by atoms with Crippen LogP contribution in [-0.4, -0.2) is 56.2 Å². The molecule has 2 aliphatic heterocycles. The molecule has 3 rings (SSSR count). The molecule has 8 heteroatoms. The summed E-state index contributed by atoms with van der Waals surface area (Å²) in [6.07, 6.45) is 0.810. The quantitative estimate of drug-likeness (QED) is 0.409. The van der Waals surface area contributed by atoms with Gasteiger partial charge in [-0.15, -0.1) is 24.0 Å². The first-order valence-corrected chi connectivity index (χ1v) is 7.88. The molecule has 1 aromatic carbocycles. The number of benzene rings is 1. The van der Waals surface area contributed by atoms with E-state index in [4.69, 9.17) is 15.2 Å². The third-order valence-corrected chi connectivity index (χ3v) is 4.03. The first-order chi connectivity index (χ1) is 11.2. The average molecular weight is 446 g/mol. The number of hydrogen-bond donors (Lipinski definition) is 2. The van der Waals surface area contributed by atoms with E-state index in [1.165, 1.54) is 0 Å². The molecule has 2 aliphatic rings. The van der Waals surface area contributed by atoms with Crippen LogP contribution in [0, 0.1) is 0 Å². The molecule has 3 N–H and O–H groups in total. The summed E-state index contributed by atoms with van der Waals surface area (Å²) >= 11 is 0. The lowest BCUT2D eigenvalue weighted by atomic mass is 10.0. The topological polar surface area (TPSA) is 89.2 Å². The lowest BCUT2D eigenvalue weighted by Gasteiger charge is -2.27. The molecular formula is C16H23IN4O3. The lowest BCUT2D eigenvalue weighted by Crippen LogP contribution is -2.43. The first-order valence-electron chi connectivity index (χ1n) is 7.88.